The molecule has 0 radical (unpaired) electrons. The number of benzene rings is 1. The minimum atomic E-state index is -0.438. The number of nitrogens with zero attached hydrogens (tertiary/aromatic N) is 2. The summed E-state index contributed by atoms with van der Waals surface area (Å²) in [6.45, 7) is 0.979. The van der Waals surface area contributed by atoms with Gasteiger partial charge in [0, 0.05) is 37.6 Å². The first kappa shape index (κ1) is 14.8. The molecule has 0 aliphatic heterocycles. The first-order chi connectivity index (χ1) is 11.2. The zero-order valence-electron chi connectivity index (χ0n) is 12.5. The molecule has 7 heteroatoms. The van der Waals surface area contributed by atoms with Crippen LogP contribution in [0.15, 0.2) is 52.2 Å². The van der Waals surface area contributed by atoms with Crippen LogP contribution in [0, 0.1) is 0 Å². The fraction of sp³-hybridized carbons (Fsp3) is 0.188. The van der Waals surface area contributed by atoms with E-state index in [1.807, 2.05) is 4.57 Å². The van der Waals surface area contributed by atoms with Crippen molar-refractivity contribution in [2.24, 2.45) is 0 Å². The summed E-state index contributed by atoms with van der Waals surface area (Å²) in [5.74, 6) is 0.0895. The van der Waals surface area contributed by atoms with Crippen molar-refractivity contribution < 1.29 is 13.9 Å². The molecule has 0 aliphatic rings. The highest BCUT2D eigenvalue weighted by Gasteiger charge is 2.12. The number of amides is 1. The molecule has 7 nitrogen and oxygen atoms in total. The Morgan fingerprint density at radius 1 is 1.39 bits per heavy atom. The minimum absolute atomic E-state index is 0.0265. The fourth-order valence-corrected chi connectivity index (χ4v) is 2.18. The van der Waals surface area contributed by atoms with E-state index in [1.165, 1.54) is 13.2 Å². The van der Waals surface area contributed by atoms with Gasteiger partial charge in [0.1, 0.15) is 11.3 Å². The topological polar surface area (TPSA) is 86.4 Å². The third kappa shape index (κ3) is 3.23. The molecule has 3 rings (SSSR count). The van der Waals surface area contributed by atoms with Gasteiger partial charge >= 0.3 is 0 Å². The highest BCUT2D eigenvalue weighted by molar-refractivity contribution is 5.93. The monoisotopic (exact) mass is 313 g/mol. The Kier molecular flexibility index (Phi) is 4.09. The molecule has 0 atom stereocenters. The van der Waals surface area contributed by atoms with Gasteiger partial charge in [-0.2, -0.15) is 0 Å². The zero-order valence-corrected chi connectivity index (χ0v) is 12.5. The molecule has 23 heavy (non-hydrogen) atoms. The van der Waals surface area contributed by atoms with Crippen LogP contribution in [0.5, 0.6) is 5.75 Å². The molecule has 1 amide bonds. The molecule has 0 unspecified atom stereocenters. The van der Waals surface area contributed by atoms with Gasteiger partial charge in [-0.1, -0.05) is 0 Å². The van der Waals surface area contributed by atoms with E-state index in [2.05, 4.69) is 10.3 Å². The molecule has 2 heterocycles. The first-order valence-corrected chi connectivity index (χ1v) is 7.03. The normalized spacial score (nSPS) is 10.7. The number of carbonyl (C=O) groups excluding carboxylic acids is 1. The predicted molar refractivity (Wildman–Crippen MR) is 83.6 cm³/mol. The van der Waals surface area contributed by atoms with Crippen molar-refractivity contribution in [3.05, 3.63) is 59.0 Å². The second-order valence-corrected chi connectivity index (χ2v) is 4.89. The van der Waals surface area contributed by atoms with Crippen molar-refractivity contribution in [1.29, 1.82) is 0 Å². The number of methoxy groups -OCH3 is 1. The number of hydrogen-bond acceptors (Lipinski definition) is 5. The summed E-state index contributed by atoms with van der Waals surface area (Å²) in [6.07, 6.45) is 5.13. The summed E-state index contributed by atoms with van der Waals surface area (Å²) in [6, 6.07) is 6.06. The maximum Gasteiger partial charge on any atom is 0.287 e. The number of nitrogens with one attached hydrogen (secondary N) is 1. The van der Waals surface area contributed by atoms with Gasteiger partial charge in [-0.3, -0.25) is 9.59 Å². The number of fused-ring (bicyclic) bond motifs is 1. The van der Waals surface area contributed by atoms with Gasteiger partial charge in [0.25, 0.3) is 5.91 Å². The highest BCUT2D eigenvalue weighted by Crippen LogP contribution is 2.19. The van der Waals surface area contributed by atoms with Crippen molar-refractivity contribution >= 4 is 16.9 Å². The van der Waals surface area contributed by atoms with Crippen LogP contribution in [0.4, 0.5) is 0 Å². The molecule has 1 N–H and O–H groups in total. The summed E-state index contributed by atoms with van der Waals surface area (Å²) < 4.78 is 12.5. The third-order valence-electron chi connectivity index (χ3n) is 3.37. The Morgan fingerprint density at radius 2 is 2.26 bits per heavy atom. The van der Waals surface area contributed by atoms with Crippen molar-refractivity contribution in [2.45, 2.75) is 6.54 Å². The van der Waals surface area contributed by atoms with E-state index >= 15 is 0 Å². The summed E-state index contributed by atoms with van der Waals surface area (Å²) in [7, 11) is 1.52. The number of carbonyl (C=O) groups is 1. The second kappa shape index (κ2) is 6.35. The van der Waals surface area contributed by atoms with Gasteiger partial charge in [0.15, 0.2) is 11.2 Å². The van der Waals surface area contributed by atoms with Gasteiger partial charge in [-0.25, -0.2) is 4.98 Å². The number of hydrogen-bond donors (Lipinski definition) is 1. The largest absolute Gasteiger partial charge is 0.497 e. The SMILES string of the molecule is COc1ccc2c(=O)cc(C(=O)NCCn3ccnc3)oc2c1. The highest BCUT2D eigenvalue weighted by atomic mass is 16.5. The summed E-state index contributed by atoms with van der Waals surface area (Å²) in [5.41, 5.74) is 0.0465. The van der Waals surface area contributed by atoms with Crippen molar-refractivity contribution in [3.63, 3.8) is 0 Å². The van der Waals surface area contributed by atoms with E-state index < -0.39 is 5.91 Å². The van der Waals surface area contributed by atoms with Crippen LogP contribution in [-0.4, -0.2) is 29.1 Å². The lowest BCUT2D eigenvalue weighted by atomic mass is 10.2. The molecular formula is C16H15N3O4. The van der Waals surface area contributed by atoms with Gasteiger partial charge < -0.3 is 19.0 Å². The maximum absolute atomic E-state index is 12.1. The van der Waals surface area contributed by atoms with Crippen LogP contribution in [0.1, 0.15) is 10.6 Å². The van der Waals surface area contributed by atoms with Gasteiger partial charge in [-0.15, -0.1) is 0 Å². The van der Waals surface area contributed by atoms with Gasteiger partial charge in [0.2, 0.25) is 0 Å². The standard InChI is InChI=1S/C16H15N3O4/c1-22-11-2-3-12-13(20)9-15(23-14(12)8-11)16(21)18-5-7-19-6-4-17-10-19/h2-4,6,8-10H,5,7H2,1H3,(H,18,21). The van der Waals surface area contributed by atoms with E-state index in [0.29, 0.717) is 29.8 Å². The summed E-state index contributed by atoms with van der Waals surface area (Å²) in [4.78, 5) is 28.1. The van der Waals surface area contributed by atoms with E-state index in [0.717, 1.165) is 0 Å². The van der Waals surface area contributed by atoms with Gasteiger partial charge in [-0.05, 0) is 12.1 Å². The number of imidazole rings is 1. The molecule has 0 fully saturated rings. The lowest BCUT2D eigenvalue weighted by Crippen LogP contribution is -2.27. The van der Waals surface area contributed by atoms with Crippen molar-refractivity contribution in [2.75, 3.05) is 13.7 Å². The molecule has 118 valence electrons. The molecule has 0 saturated carbocycles. The second-order valence-electron chi connectivity index (χ2n) is 4.89. The smallest absolute Gasteiger partial charge is 0.287 e. The van der Waals surface area contributed by atoms with Crippen molar-refractivity contribution in [3.8, 4) is 5.75 Å². The van der Waals surface area contributed by atoms with Crippen LogP contribution in [0.2, 0.25) is 0 Å². The summed E-state index contributed by atoms with van der Waals surface area (Å²) in [5, 5.41) is 3.11. The molecule has 0 bridgehead atoms. The number of aromatic nitrogens is 2. The molecule has 2 aromatic heterocycles. The average Bonchev–Trinajstić information content (AvgIpc) is 3.07. The van der Waals surface area contributed by atoms with Crippen LogP contribution < -0.4 is 15.5 Å². The molecular weight excluding hydrogens is 298 g/mol. The molecule has 0 aliphatic carbocycles. The number of ether oxygens (including phenoxy) is 1. The van der Waals surface area contributed by atoms with Crippen LogP contribution >= 0.6 is 0 Å². The van der Waals surface area contributed by atoms with Crippen LogP contribution in [0.3, 0.4) is 0 Å². The van der Waals surface area contributed by atoms with Crippen LogP contribution in [-0.2, 0) is 6.54 Å². The Labute approximate surface area is 131 Å². The van der Waals surface area contributed by atoms with E-state index in [-0.39, 0.29) is 11.2 Å². The summed E-state index contributed by atoms with van der Waals surface area (Å²) >= 11 is 0. The fourth-order valence-electron chi connectivity index (χ4n) is 2.18. The third-order valence-corrected chi connectivity index (χ3v) is 3.37. The molecule has 0 spiro atoms. The zero-order chi connectivity index (χ0) is 16.2. The maximum atomic E-state index is 12.1. The Balaban J connectivity index is 1.78. The lowest BCUT2D eigenvalue weighted by Gasteiger charge is -2.06. The molecule has 0 saturated heterocycles. The van der Waals surface area contributed by atoms with E-state index in [4.69, 9.17) is 9.15 Å². The quantitative estimate of drug-likeness (QED) is 0.770. The number of rotatable bonds is 5. The first-order valence-electron chi connectivity index (χ1n) is 7.03. The van der Waals surface area contributed by atoms with E-state index in [9.17, 15) is 9.59 Å². The molecule has 1 aromatic carbocycles. The van der Waals surface area contributed by atoms with Crippen LogP contribution in [0.25, 0.3) is 11.0 Å². The molecule has 3 aromatic rings. The van der Waals surface area contributed by atoms with Crippen molar-refractivity contribution in [1.82, 2.24) is 14.9 Å². The Morgan fingerprint density at radius 3 is 3.00 bits per heavy atom. The lowest BCUT2D eigenvalue weighted by molar-refractivity contribution is 0.0925. The van der Waals surface area contributed by atoms with E-state index in [1.54, 1.807) is 36.9 Å². The Hall–Kier alpha value is -3.09. The average molecular weight is 313 g/mol. The minimum Gasteiger partial charge on any atom is -0.497 e. The van der Waals surface area contributed by atoms with Gasteiger partial charge in [0.05, 0.1) is 18.8 Å². The predicted octanol–water partition coefficient (Wildman–Crippen LogP) is 1.43. The Bertz CT molecular complexity index is 884.